The fraction of sp³-hybridized carbons (Fsp3) is 0.111. The monoisotopic (exact) mass is 271 g/mol. The predicted octanol–water partition coefficient (Wildman–Crippen LogP) is 2.79. The average molecular weight is 273 g/mol. The van der Waals surface area contributed by atoms with E-state index in [9.17, 15) is 0 Å². The second-order valence-electron chi connectivity index (χ2n) is 2.68. The van der Waals surface area contributed by atoms with Crippen LogP contribution in [0.4, 0.5) is 0 Å². The van der Waals surface area contributed by atoms with E-state index in [0.717, 1.165) is 16.5 Å². The molecule has 2 rings (SSSR count). The van der Waals surface area contributed by atoms with Crippen molar-refractivity contribution in [2.24, 2.45) is 0 Å². The maximum absolute atomic E-state index is 5.80. The quantitative estimate of drug-likeness (QED) is 0.621. The van der Waals surface area contributed by atoms with Gasteiger partial charge in [0.25, 0.3) is 0 Å². The van der Waals surface area contributed by atoms with Gasteiger partial charge in [-0.1, -0.05) is 39.7 Å². The van der Waals surface area contributed by atoms with Crippen LogP contribution < -0.4 is 0 Å². The van der Waals surface area contributed by atoms with Crippen LogP contribution >= 0.6 is 27.5 Å². The van der Waals surface area contributed by atoms with Crippen LogP contribution in [0, 0.1) is 0 Å². The molecule has 2 heterocycles. The smallest absolute Gasteiger partial charge is 0.163 e. The number of halogens is 2. The van der Waals surface area contributed by atoms with E-state index in [4.69, 9.17) is 11.6 Å². The molecule has 0 amide bonds. The van der Waals surface area contributed by atoms with Crippen molar-refractivity contribution < 1.29 is 0 Å². The van der Waals surface area contributed by atoms with Crippen molar-refractivity contribution in [1.29, 1.82) is 0 Å². The van der Waals surface area contributed by atoms with Crippen molar-refractivity contribution in [3.8, 4) is 0 Å². The zero-order valence-corrected chi connectivity index (χ0v) is 9.53. The van der Waals surface area contributed by atoms with Crippen LogP contribution in [-0.2, 0) is 0 Å². The molecule has 3 nitrogen and oxygen atoms in total. The zero-order chi connectivity index (χ0) is 9.97. The van der Waals surface area contributed by atoms with Crippen LogP contribution in [0.3, 0.4) is 0 Å². The van der Waals surface area contributed by atoms with E-state index in [1.54, 1.807) is 23.0 Å². The van der Waals surface area contributed by atoms with Crippen molar-refractivity contribution in [2.45, 2.75) is 0 Å². The summed E-state index contributed by atoms with van der Waals surface area (Å²) >= 11 is 9.11. The molecule has 0 bridgehead atoms. The van der Waals surface area contributed by atoms with Crippen molar-refractivity contribution in [1.82, 2.24) is 14.6 Å². The fourth-order valence-electron chi connectivity index (χ4n) is 1.15. The summed E-state index contributed by atoms with van der Waals surface area (Å²) in [7, 11) is 0. The molecule has 0 aliphatic heterocycles. The number of nitrogens with zero attached hydrogens (tertiary/aromatic N) is 3. The van der Waals surface area contributed by atoms with Crippen LogP contribution in [0.1, 0.15) is 5.56 Å². The third kappa shape index (κ3) is 1.81. The molecule has 2 aromatic rings. The van der Waals surface area contributed by atoms with E-state index >= 15 is 0 Å². The summed E-state index contributed by atoms with van der Waals surface area (Å²) < 4.78 is 1.69. The van der Waals surface area contributed by atoms with Gasteiger partial charge >= 0.3 is 0 Å². The van der Waals surface area contributed by atoms with Gasteiger partial charge in [0.05, 0.1) is 6.20 Å². The Morgan fingerprint density at radius 3 is 3.21 bits per heavy atom. The fourth-order valence-corrected chi connectivity index (χ4v) is 1.48. The van der Waals surface area contributed by atoms with E-state index in [0.29, 0.717) is 5.15 Å². The van der Waals surface area contributed by atoms with Crippen LogP contribution in [0.25, 0.3) is 11.7 Å². The predicted molar refractivity (Wildman–Crippen MR) is 60.8 cm³/mol. The molecule has 2 aromatic heterocycles. The Morgan fingerprint density at radius 1 is 1.57 bits per heavy atom. The van der Waals surface area contributed by atoms with Gasteiger partial charge in [-0.3, -0.25) is 0 Å². The second kappa shape index (κ2) is 4.11. The highest BCUT2D eigenvalue weighted by atomic mass is 79.9. The molecule has 5 heteroatoms. The summed E-state index contributed by atoms with van der Waals surface area (Å²) in [6.45, 7) is 0. The Kier molecular flexibility index (Phi) is 2.84. The third-order valence-corrected chi connectivity index (χ3v) is 2.33. The standard InChI is InChI=1S/C9H7BrClN3/c10-4-1-2-7-6-12-14-5-3-8(11)13-9(7)14/h1-3,5-6H,4H2. The van der Waals surface area contributed by atoms with E-state index in [1.807, 2.05) is 12.2 Å². The number of hydrogen-bond acceptors (Lipinski definition) is 2. The first-order chi connectivity index (χ1) is 6.81. The lowest BCUT2D eigenvalue weighted by atomic mass is 10.3. The average Bonchev–Trinajstić information content (AvgIpc) is 2.57. The van der Waals surface area contributed by atoms with E-state index < -0.39 is 0 Å². The number of aromatic nitrogens is 3. The molecule has 72 valence electrons. The largest absolute Gasteiger partial charge is 0.222 e. The molecule has 0 radical (unpaired) electrons. The maximum Gasteiger partial charge on any atom is 0.163 e. The summed E-state index contributed by atoms with van der Waals surface area (Å²) in [6, 6.07) is 1.71. The Bertz CT molecular complexity index is 478. The molecular weight excluding hydrogens is 265 g/mol. The van der Waals surface area contributed by atoms with Gasteiger partial charge < -0.3 is 0 Å². The summed E-state index contributed by atoms with van der Waals surface area (Å²) in [5, 5.41) is 5.43. The van der Waals surface area contributed by atoms with Crippen LogP contribution in [0.5, 0.6) is 0 Å². The summed E-state index contributed by atoms with van der Waals surface area (Å²) in [5.41, 5.74) is 1.74. The highest BCUT2D eigenvalue weighted by Crippen LogP contribution is 2.12. The van der Waals surface area contributed by atoms with E-state index in [1.165, 1.54) is 0 Å². The SMILES string of the molecule is Clc1ccn2ncc(C=CCBr)c2n1. The lowest BCUT2D eigenvalue weighted by Gasteiger charge is -1.93. The Morgan fingerprint density at radius 2 is 2.43 bits per heavy atom. The minimum absolute atomic E-state index is 0.478. The molecule has 14 heavy (non-hydrogen) atoms. The van der Waals surface area contributed by atoms with Gasteiger partial charge in [-0.05, 0) is 6.07 Å². The molecule has 0 aliphatic carbocycles. The minimum Gasteiger partial charge on any atom is -0.222 e. The molecule has 0 aliphatic rings. The molecule has 0 aromatic carbocycles. The number of fused-ring (bicyclic) bond motifs is 1. The normalized spacial score (nSPS) is 11.6. The second-order valence-corrected chi connectivity index (χ2v) is 3.71. The van der Waals surface area contributed by atoms with Gasteiger partial charge in [0, 0.05) is 17.1 Å². The minimum atomic E-state index is 0.478. The molecule has 0 unspecified atom stereocenters. The third-order valence-electron chi connectivity index (χ3n) is 1.75. The number of alkyl halides is 1. The maximum atomic E-state index is 5.80. The first-order valence-electron chi connectivity index (χ1n) is 4.03. The summed E-state index contributed by atoms with van der Waals surface area (Å²) in [6.07, 6.45) is 7.49. The van der Waals surface area contributed by atoms with Gasteiger partial charge in [0.15, 0.2) is 5.65 Å². The van der Waals surface area contributed by atoms with Crippen molar-refractivity contribution in [3.05, 3.63) is 35.3 Å². The van der Waals surface area contributed by atoms with Gasteiger partial charge in [-0.2, -0.15) is 5.10 Å². The van der Waals surface area contributed by atoms with Gasteiger partial charge in [0.1, 0.15) is 5.15 Å². The van der Waals surface area contributed by atoms with Gasteiger partial charge in [0.2, 0.25) is 0 Å². The lowest BCUT2D eigenvalue weighted by molar-refractivity contribution is 0.939. The lowest BCUT2D eigenvalue weighted by Crippen LogP contribution is -1.88. The highest BCUT2D eigenvalue weighted by molar-refractivity contribution is 9.09. The van der Waals surface area contributed by atoms with Gasteiger partial charge in [-0.15, -0.1) is 0 Å². The summed E-state index contributed by atoms with van der Waals surface area (Å²) in [5.74, 6) is 0. The first kappa shape index (κ1) is 9.68. The Hall–Kier alpha value is -0.870. The Labute approximate surface area is 94.5 Å². The molecule has 0 atom stereocenters. The van der Waals surface area contributed by atoms with E-state index in [2.05, 4.69) is 26.0 Å². The van der Waals surface area contributed by atoms with Gasteiger partial charge in [-0.25, -0.2) is 9.50 Å². The van der Waals surface area contributed by atoms with Crippen LogP contribution in [0.15, 0.2) is 24.5 Å². The number of rotatable bonds is 2. The molecular formula is C9H7BrClN3. The van der Waals surface area contributed by atoms with Crippen molar-refractivity contribution in [2.75, 3.05) is 5.33 Å². The van der Waals surface area contributed by atoms with Crippen molar-refractivity contribution >= 4 is 39.3 Å². The topological polar surface area (TPSA) is 30.2 Å². The highest BCUT2D eigenvalue weighted by Gasteiger charge is 2.02. The number of allylic oxidation sites excluding steroid dienone is 1. The molecule has 0 N–H and O–H groups in total. The number of hydrogen-bond donors (Lipinski definition) is 0. The zero-order valence-electron chi connectivity index (χ0n) is 7.19. The van der Waals surface area contributed by atoms with E-state index in [-0.39, 0.29) is 0 Å². The molecule has 0 spiro atoms. The molecule has 0 saturated carbocycles. The first-order valence-corrected chi connectivity index (χ1v) is 5.53. The van der Waals surface area contributed by atoms with Crippen LogP contribution in [0.2, 0.25) is 5.15 Å². The molecule has 0 saturated heterocycles. The Balaban J connectivity index is 2.55. The van der Waals surface area contributed by atoms with Crippen molar-refractivity contribution in [3.63, 3.8) is 0 Å². The van der Waals surface area contributed by atoms with Crippen LogP contribution in [-0.4, -0.2) is 19.9 Å². The molecule has 0 fully saturated rings. The summed E-state index contributed by atoms with van der Waals surface area (Å²) in [4.78, 5) is 4.19.